The van der Waals surface area contributed by atoms with Crippen LogP contribution in [0.1, 0.15) is 72.9 Å². The fourth-order valence-corrected chi connectivity index (χ4v) is 7.35. The molecular formula is C35H40O8. The predicted octanol–water partition coefficient (Wildman–Crippen LogP) is 6.37. The van der Waals surface area contributed by atoms with Crippen LogP contribution in [-0.2, 0) is 25.5 Å². The number of hydrogen-bond acceptors (Lipinski definition) is 8. The van der Waals surface area contributed by atoms with Gasteiger partial charge in [-0.3, -0.25) is 0 Å². The maximum absolute atomic E-state index is 13.2. The van der Waals surface area contributed by atoms with E-state index in [-0.39, 0.29) is 37.7 Å². The van der Waals surface area contributed by atoms with Crippen molar-refractivity contribution in [2.75, 3.05) is 26.4 Å². The number of rotatable bonds is 12. The highest BCUT2D eigenvalue weighted by Gasteiger charge is 2.50. The second-order valence-electron chi connectivity index (χ2n) is 11.9. The molecule has 0 radical (unpaired) electrons. The van der Waals surface area contributed by atoms with Gasteiger partial charge in [0.2, 0.25) is 0 Å². The summed E-state index contributed by atoms with van der Waals surface area (Å²) in [6.45, 7) is 9.29. The molecule has 43 heavy (non-hydrogen) atoms. The molecule has 3 aliphatic rings. The quantitative estimate of drug-likeness (QED) is 0.122. The van der Waals surface area contributed by atoms with E-state index in [0.29, 0.717) is 22.8 Å². The van der Waals surface area contributed by atoms with Crippen molar-refractivity contribution in [2.24, 2.45) is 17.3 Å². The Morgan fingerprint density at radius 2 is 1.58 bits per heavy atom. The van der Waals surface area contributed by atoms with E-state index in [4.69, 9.17) is 23.7 Å². The number of esters is 3. The second kappa shape index (κ2) is 13.5. The maximum atomic E-state index is 13.2. The largest absolute Gasteiger partial charge is 0.486 e. The number of hydrogen-bond donors (Lipinski definition) is 0. The molecule has 2 aromatic rings. The number of ether oxygens (including phenoxy) is 5. The lowest BCUT2D eigenvalue weighted by molar-refractivity contribution is -0.139. The summed E-state index contributed by atoms with van der Waals surface area (Å²) in [5.41, 5.74) is 3.51. The molecule has 0 aromatic heterocycles. The van der Waals surface area contributed by atoms with E-state index < -0.39 is 17.9 Å². The van der Waals surface area contributed by atoms with Gasteiger partial charge in [0.1, 0.15) is 32.2 Å². The van der Waals surface area contributed by atoms with Crippen molar-refractivity contribution in [2.45, 2.75) is 57.8 Å². The first-order valence-corrected chi connectivity index (χ1v) is 15.1. The summed E-state index contributed by atoms with van der Waals surface area (Å²) in [4.78, 5) is 35.8. The van der Waals surface area contributed by atoms with Crippen molar-refractivity contribution in [1.82, 2.24) is 0 Å². The molecule has 0 amide bonds. The molecule has 3 aliphatic carbocycles. The molecule has 0 aliphatic heterocycles. The molecule has 0 heterocycles. The van der Waals surface area contributed by atoms with Crippen LogP contribution in [0.15, 0.2) is 61.7 Å². The van der Waals surface area contributed by atoms with Crippen molar-refractivity contribution >= 4 is 17.9 Å². The zero-order valence-corrected chi connectivity index (χ0v) is 24.8. The van der Waals surface area contributed by atoms with E-state index in [1.165, 1.54) is 55.7 Å². The van der Waals surface area contributed by atoms with Crippen molar-refractivity contribution in [3.8, 4) is 17.2 Å². The topological polar surface area (TPSA) is 97.4 Å². The van der Waals surface area contributed by atoms with Gasteiger partial charge in [-0.05, 0) is 103 Å². The lowest BCUT2D eigenvalue weighted by Crippen LogP contribution is -2.39. The summed E-state index contributed by atoms with van der Waals surface area (Å²) < 4.78 is 27.2. The van der Waals surface area contributed by atoms with Gasteiger partial charge in [0.15, 0.2) is 11.5 Å². The van der Waals surface area contributed by atoms with E-state index in [1.54, 1.807) is 12.1 Å². The molecule has 0 spiro atoms. The summed E-state index contributed by atoms with van der Waals surface area (Å²) in [6.07, 6.45) is 11.0. The monoisotopic (exact) mass is 588 g/mol. The lowest BCUT2D eigenvalue weighted by atomic mass is 9.56. The molecule has 5 rings (SSSR count). The van der Waals surface area contributed by atoms with Crippen LogP contribution in [0.5, 0.6) is 17.2 Å². The smallest absolute Gasteiger partial charge is 0.343 e. The van der Waals surface area contributed by atoms with Crippen LogP contribution in [0.2, 0.25) is 0 Å². The number of aryl methyl sites for hydroxylation is 1. The minimum atomic E-state index is -0.567. The SMILES string of the molecule is C=CC(=O)OCCOc1ccc(C(=O)Oc2ccc3c(c2)CC[C@@H]2[C@@H]3CC[C@]3(C)CCC[C@@H]23)cc1OCCOC(=O)C=C. The Morgan fingerprint density at radius 3 is 2.30 bits per heavy atom. The number of fused-ring (bicyclic) bond motifs is 5. The van der Waals surface area contributed by atoms with Gasteiger partial charge < -0.3 is 23.7 Å². The summed E-state index contributed by atoms with van der Waals surface area (Å²) in [6, 6.07) is 10.8. The fraction of sp³-hybridized carbons (Fsp3) is 0.457. The number of carbonyl (C=O) groups is 3. The lowest BCUT2D eigenvalue weighted by Gasteiger charge is -2.49. The van der Waals surface area contributed by atoms with E-state index in [2.05, 4.69) is 26.1 Å². The Balaban J connectivity index is 1.25. The highest BCUT2D eigenvalue weighted by molar-refractivity contribution is 5.92. The van der Waals surface area contributed by atoms with Crippen LogP contribution in [0, 0.1) is 17.3 Å². The van der Waals surface area contributed by atoms with Crippen molar-refractivity contribution < 1.29 is 38.1 Å². The molecule has 2 saturated carbocycles. The second-order valence-corrected chi connectivity index (χ2v) is 11.9. The third-order valence-electron chi connectivity index (χ3n) is 9.37. The van der Waals surface area contributed by atoms with E-state index in [1.807, 2.05) is 12.1 Å². The molecule has 0 N–H and O–H groups in total. The minimum Gasteiger partial charge on any atom is -0.486 e. The Labute approximate surface area is 253 Å². The third-order valence-corrected chi connectivity index (χ3v) is 9.37. The molecular weight excluding hydrogens is 548 g/mol. The predicted molar refractivity (Wildman–Crippen MR) is 160 cm³/mol. The zero-order chi connectivity index (χ0) is 30.4. The van der Waals surface area contributed by atoms with Crippen LogP contribution in [-0.4, -0.2) is 44.3 Å². The Hall–Kier alpha value is -4.07. The normalized spacial score (nSPS) is 23.5. The summed E-state index contributed by atoms with van der Waals surface area (Å²) in [5.74, 6) is 1.65. The van der Waals surface area contributed by atoms with Crippen LogP contribution in [0.25, 0.3) is 0 Å². The Morgan fingerprint density at radius 1 is 0.860 bits per heavy atom. The van der Waals surface area contributed by atoms with Gasteiger partial charge in [0.05, 0.1) is 5.56 Å². The zero-order valence-electron chi connectivity index (χ0n) is 24.8. The number of benzene rings is 2. The maximum Gasteiger partial charge on any atom is 0.343 e. The first kappa shape index (κ1) is 30.4. The highest BCUT2D eigenvalue weighted by Crippen LogP contribution is 2.60. The van der Waals surface area contributed by atoms with Crippen LogP contribution in [0.3, 0.4) is 0 Å². The van der Waals surface area contributed by atoms with Crippen LogP contribution < -0.4 is 14.2 Å². The van der Waals surface area contributed by atoms with Crippen LogP contribution >= 0.6 is 0 Å². The van der Waals surface area contributed by atoms with Crippen molar-refractivity contribution in [3.05, 3.63) is 78.4 Å². The molecule has 0 unspecified atom stereocenters. The van der Waals surface area contributed by atoms with Crippen molar-refractivity contribution in [3.63, 3.8) is 0 Å². The standard InChI is InChI=1S/C35H40O8/c1-4-32(36)41-19-17-39-30-13-9-24(22-31(30)40-18-20-42-33(37)5-2)34(38)43-25-10-12-26-23(21-25)8-11-28-27(26)14-16-35(3)15-6-7-29(28)35/h4-5,9-10,12-13,21-22,27-29H,1-2,6-8,11,14-20H2,3H3/t27-,28-,29+,35+/m1/s1. The van der Waals surface area contributed by atoms with E-state index in [9.17, 15) is 14.4 Å². The Kier molecular flexibility index (Phi) is 9.53. The first-order valence-electron chi connectivity index (χ1n) is 15.1. The van der Waals surface area contributed by atoms with E-state index in [0.717, 1.165) is 30.4 Å². The molecule has 8 nitrogen and oxygen atoms in total. The van der Waals surface area contributed by atoms with Gasteiger partial charge in [0, 0.05) is 12.2 Å². The highest BCUT2D eigenvalue weighted by atomic mass is 16.6. The fourth-order valence-electron chi connectivity index (χ4n) is 7.35. The van der Waals surface area contributed by atoms with Gasteiger partial charge in [0.25, 0.3) is 0 Å². The van der Waals surface area contributed by atoms with Crippen molar-refractivity contribution in [1.29, 1.82) is 0 Å². The first-order chi connectivity index (χ1) is 20.8. The van der Waals surface area contributed by atoms with Gasteiger partial charge in [-0.15, -0.1) is 0 Å². The molecule has 8 heteroatoms. The molecule has 0 saturated heterocycles. The van der Waals surface area contributed by atoms with Gasteiger partial charge in [-0.1, -0.05) is 32.6 Å². The summed E-state index contributed by atoms with van der Waals surface area (Å²) in [5, 5.41) is 0. The van der Waals surface area contributed by atoms with Crippen LogP contribution in [0.4, 0.5) is 0 Å². The van der Waals surface area contributed by atoms with Gasteiger partial charge in [-0.25, -0.2) is 14.4 Å². The average molecular weight is 589 g/mol. The number of carbonyl (C=O) groups excluding carboxylic acids is 3. The molecule has 0 bridgehead atoms. The summed E-state index contributed by atoms with van der Waals surface area (Å²) in [7, 11) is 0. The third kappa shape index (κ3) is 6.95. The minimum absolute atomic E-state index is 0.00490. The molecule has 228 valence electrons. The molecule has 2 fully saturated rings. The molecule has 2 aromatic carbocycles. The van der Waals surface area contributed by atoms with Gasteiger partial charge >= 0.3 is 17.9 Å². The Bertz CT molecular complexity index is 1380. The molecule has 4 atom stereocenters. The summed E-state index contributed by atoms with van der Waals surface area (Å²) >= 11 is 0. The van der Waals surface area contributed by atoms with E-state index >= 15 is 0 Å². The van der Waals surface area contributed by atoms with Gasteiger partial charge in [-0.2, -0.15) is 0 Å². The average Bonchev–Trinajstić information content (AvgIpc) is 3.43.